The molecule has 2 aromatic carbocycles. The van der Waals surface area contributed by atoms with Crippen LogP contribution in [0.3, 0.4) is 0 Å². The summed E-state index contributed by atoms with van der Waals surface area (Å²) in [5.41, 5.74) is 2.14. The monoisotopic (exact) mass is 382 g/mol. The lowest BCUT2D eigenvalue weighted by molar-refractivity contribution is -0.137. The SMILES string of the molecule is CC(C)(C(=O)N1CCC(c2nc3ccccc3o2)CC1)c1ccc(Cl)cc1. The van der Waals surface area contributed by atoms with Gasteiger partial charge in [0.25, 0.3) is 0 Å². The fourth-order valence-electron chi connectivity index (χ4n) is 3.78. The van der Waals surface area contributed by atoms with Crippen LogP contribution in [0.25, 0.3) is 11.1 Å². The number of hydrogen-bond acceptors (Lipinski definition) is 3. The topological polar surface area (TPSA) is 46.3 Å². The van der Waals surface area contributed by atoms with E-state index in [2.05, 4.69) is 4.98 Å². The van der Waals surface area contributed by atoms with E-state index in [1.54, 1.807) is 0 Å². The summed E-state index contributed by atoms with van der Waals surface area (Å²) in [4.78, 5) is 19.7. The number of para-hydroxylation sites is 2. The van der Waals surface area contributed by atoms with Gasteiger partial charge < -0.3 is 9.32 Å². The Balaban J connectivity index is 1.45. The summed E-state index contributed by atoms with van der Waals surface area (Å²) in [6.45, 7) is 5.40. The van der Waals surface area contributed by atoms with E-state index in [-0.39, 0.29) is 11.8 Å². The summed E-state index contributed by atoms with van der Waals surface area (Å²) in [5.74, 6) is 1.21. The Kier molecular flexibility index (Phi) is 4.68. The first-order valence-electron chi connectivity index (χ1n) is 9.36. The number of halogens is 1. The summed E-state index contributed by atoms with van der Waals surface area (Å²) in [7, 11) is 0. The number of carbonyl (C=O) groups is 1. The quantitative estimate of drug-likeness (QED) is 0.628. The molecule has 1 aliphatic rings. The van der Waals surface area contributed by atoms with Crippen LogP contribution >= 0.6 is 11.6 Å². The Morgan fingerprint density at radius 2 is 1.78 bits per heavy atom. The molecule has 4 rings (SSSR count). The van der Waals surface area contributed by atoms with Crippen LogP contribution in [0, 0.1) is 0 Å². The van der Waals surface area contributed by atoms with Gasteiger partial charge in [-0.2, -0.15) is 0 Å². The molecular weight excluding hydrogens is 360 g/mol. The van der Waals surface area contributed by atoms with E-state index in [1.165, 1.54) is 0 Å². The third kappa shape index (κ3) is 3.46. The maximum Gasteiger partial charge on any atom is 0.232 e. The highest BCUT2D eigenvalue weighted by Crippen LogP contribution is 2.33. The van der Waals surface area contributed by atoms with Crippen molar-refractivity contribution in [2.45, 2.75) is 38.0 Å². The first-order chi connectivity index (χ1) is 12.9. The fourth-order valence-corrected chi connectivity index (χ4v) is 3.91. The van der Waals surface area contributed by atoms with Gasteiger partial charge in [0, 0.05) is 24.0 Å². The third-order valence-electron chi connectivity index (χ3n) is 5.54. The van der Waals surface area contributed by atoms with Crippen LogP contribution in [0.15, 0.2) is 52.9 Å². The Morgan fingerprint density at radius 3 is 2.44 bits per heavy atom. The minimum Gasteiger partial charge on any atom is -0.440 e. The Morgan fingerprint density at radius 1 is 1.11 bits per heavy atom. The summed E-state index contributed by atoms with van der Waals surface area (Å²) < 4.78 is 5.92. The van der Waals surface area contributed by atoms with E-state index in [9.17, 15) is 4.79 Å². The first-order valence-corrected chi connectivity index (χ1v) is 9.74. The Hall–Kier alpha value is -2.33. The van der Waals surface area contributed by atoms with E-state index >= 15 is 0 Å². The lowest BCUT2D eigenvalue weighted by Gasteiger charge is -2.36. The number of benzene rings is 2. The molecule has 1 amide bonds. The lowest BCUT2D eigenvalue weighted by atomic mass is 9.82. The molecule has 4 nitrogen and oxygen atoms in total. The average molecular weight is 383 g/mol. The van der Waals surface area contributed by atoms with Crippen molar-refractivity contribution in [3.63, 3.8) is 0 Å². The van der Waals surface area contributed by atoms with Gasteiger partial charge in [-0.3, -0.25) is 4.79 Å². The number of fused-ring (bicyclic) bond motifs is 1. The van der Waals surface area contributed by atoms with E-state index in [1.807, 2.05) is 67.3 Å². The highest BCUT2D eigenvalue weighted by molar-refractivity contribution is 6.30. The molecule has 3 aromatic rings. The van der Waals surface area contributed by atoms with Crippen LogP contribution in [0.5, 0.6) is 0 Å². The molecule has 0 N–H and O–H groups in total. The molecule has 5 heteroatoms. The minimum absolute atomic E-state index is 0.154. The fraction of sp³-hybridized carbons (Fsp3) is 0.364. The normalized spacial score (nSPS) is 16.0. The first kappa shape index (κ1) is 18.1. The number of likely N-dealkylation sites (tertiary alicyclic amines) is 1. The van der Waals surface area contributed by atoms with E-state index in [4.69, 9.17) is 16.0 Å². The Bertz CT molecular complexity index is 921. The molecule has 0 saturated carbocycles. The number of rotatable bonds is 3. The third-order valence-corrected chi connectivity index (χ3v) is 5.79. The zero-order valence-electron chi connectivity index (χ0n) is 15.6. The van der Waals surface area contributed by atoms with Crippen molar-refractivity contribution in [1.82, 2.24) is 9.88 Å². The molecule has 1 aliphatic heterocycles. The number of carbonyl (C=O) groups excluding carboxylic acids is 1. The van der Waals surface area contributed by atoms with Crippen molar-refractivity contribution in [1.29, 1.82) is 0 Å². The molecule has 1 saturated heterocycles. The van der Waals surface area contributed by atoms with Crippen molar-refractivity contribution < 1.29 is 9.21 Å². The summed E-state index contributed by atoms with van der Waals surface area (Å²) in [6, 6.07) is 15.4. The highest BCUT2D eigenvalue weighted by Gasteiger charge is 2.36. The average Bonchev–Trinajstić information content (AvgIpc) is 3.12. The van der Waals surface area contributed by atoms with Crippen molar-refractivity contribution >= 4 is 28.6 Å². The van der Waals surface area contributed by atoms with Gasteiger partial charge in [0.2, 0.25) is 5.91 Å². The minimum atomic E-state index is -0.574. The molecule has 0 spiro atoms. The largest absolute Gasteiger partial charge is 0.440 e. The zero-order valence-corrected chi connectivity index (χ0v) is 16.4. The van der Waals surface area contributed by atoms with Crippen LogP contribution in [-0.4, -0.2) is 28.9 Å². The van der Waals surface area contributed by atoms with Gasteiger partial charge in [-0.15, -0.1) is 0 Å². The van der Waals surface area contributed by atoms with Crippen LogP contribution < -0.4 is 0 Å². The highest BCUT2D eigenvalue weighted by atomic mass is 35.5. The molecule has 0 atom stereocenters. The van der Waals surface area contributed by atoms with Crippen LogP contribution in [-0.2, 0) is 10.2 Å². The standard InChI is InChI=1S/C22H23ClN2O2/c1-22(2,16-7-9-17(23)10-8-16)21(26)25-13-11-15(12-14-25)20-24-18-5-3-4-6-19(18)27-20/h3-10,15H,11-14H2,1-2H3. The summed E-state index contributed by atoms with van der Waals surface area (Å²) in [6.07, 6.45) is 1.74. The molecule has 0 radical (unpaired) electrons. The van der Waals surface area contributed by atoms with Crippen molar-refractivity contribution in [3.8, 4) is 0 Å². The summed E-state index contributed by atoms with van der Waals surface area (Å²) >= 11 is 5.98. The maximum absolute atomic E-state index is 13.1. The number of amides is 1. The molecule has 1 aromatic heterocycles. The number of hydrogen-bond donors (Lipinski definition) is 0. The molecular formula is C22H23ClN2O2. The van der Waals surface area contributed by atoms with Crippen LogP contribution in [0.1, 0.15) is 44.1 Å². The van der Waals surface area contributed by atoms with Crippen LogP contribution in [0.4, 0.5) is 0 Å². The number of nitrogens with zero attached hydrogens (tertiary/aromatic N) is 2. The molecule has 0 aliphatic carbocycles. The number of aromatic nitrogens is 1. The smallest absolute Gasteiger partial charge is 0.232 e. The second-order valence-corrected chi connectivity index (χ2v) is 8.15. The van der Waals surface area contributed by atoms with E-state index in [0.717, 1.165) is 48.5 Å². The van der Waals surface area contributed by atoms with Crippen molar-refractivity contribution in [2.75, 3.05) is 13.1 Å². The van der Waals surface area contributed by atoms with Gasteiger partial charge in [-0.25, -0.2) is 4.98 Å². The lowest BCUT2D eigenvalue weighted by Crippen LogP contribution is -2.46. The molecule has 140 valence electrons. The zero-order chi connectivity index (χ0) is 19.0. The molecule has 1 fully saturated rings. The number of piperidine rings is 1. The van der Waals surface area contributed by atoms with Gasteiger partial charge >= 0.3 is 0 Å². The van der Waals surface area contributed by atoms with Gasteiger partial charge in [0.1, 0.15) is 5.52 Å². The van der Waals surface area contributed by atoms with Crippen molar-refractivity contribution in [2.24, 2.45) is 0 Å². The Labute approximate surface area is 164 Å². The van der Waals surface area contributed by atoms with E-state index < -0.39 is 5.41 Å². The predicted molar refractivity (Wildman–Crippen MR) is 107 cm³/mol. The predicted octanol–water partition coefficient (Wildman–Crippen LogP) is 5.17. The second kappa shape index (κ2) is 7.01. The van der Waals surface area contributed by atoms with Crippen LogP contribution in [0.2, 0.25) is 5.02 Å². The van der Waals surface area contributed by atoms with Gasteiger partial charge in [0.05, 0.1) is 5.41 Å². The summed E-state index contributed by atoms with van der Waals surface area (Å²) in [5, 5.41) is 0.682. The second-order valence-electron chi connectivity index (χ2n) is 7.72. The molecule has 27 heavy (non-hydrogen) atoms. The van der Waals surface area contributed by atoms with Gasteiger partial charge in [-0.1, -0.05) is 35.9 Å². The molecule has 0 unspecified atom stereocenters. The number of oxazole rings is 1. The maximum atomic E-state index is 13.1. The van der Waals surface area contributed by atoms with Gasteiger partial charge in [-0.05, 0) is 56.5 Å². The van der Waals surface area contributed by atoms with Gasteiger partial charge in [0.15, 0.2) is 11.5 Å². The van der Waals surface area contributed by atoms with E-state index in [0.29, 0.717) is 5.02 Å². The molecule has 2 heterocycles. The molecule has 0 bridgehead atoms. The van der Waals surface area contributed by atoms with Crippen molar-refractivity contribution in [3.05, 3.63) is 65.0 Å².